The van der Waals surface area contributed by atoms with Gasteiger partial charge in [-0.15, -0.1) is 0 Å². The van der Waals surface area contributed by atoms with Gasteiger partial charge in [-0.1, -0.05) is 6.07 Å². The maximum atomic E-state index is 10.8. The first-order chi connectivity index (χ1) is 8.54. The van der Waals surface area contributed by atoms with Crippen molar-refractivity contribution in [2.75, 3.05) is 11.9 Å². The van der Waals surface area contributed by atoms with E-state index in [9.17, 15) is 4.79 Å². The molecule has 0 spiro atoms. The molecule has 1 aliphatic rings. The summed E-state index contributed by atoms with van der Waals surface area (Å²) < 4.78 is 5.44. The minimum absolute atomic E-state index is 0.00748. The Balaban J connectivity index is 1.87. The highest BCUT2D eigenvalue weighted by Crippen LogP contribution is 2.21. The lowest BCUT2D eigenvalue weighted by Gasteiger charge is -2.14. The van der Waals surface area contributed by atoms with E-state index in [2.05, 4.69) is 37.4 Å². The number of carbonyl (C=O) groups is 1. The first-order valence-corrected chi connectivity index (χ1v) is 6.25. The highest BCUT2D eigenvalue weighted by Gasteiger charge is 2.30. The third kappa shape index (κ3) is 3.23. The fourth-order valence-electron chi connectivity index (χ4n) is 2.35. The molecule has 4 nitrogen and oxygen atoms in total. The molecule has 2 unspecified atom stereocenters. The topological polar surface area (TPSA) is 58.6 Å². The van der Waals surface area contributed by atoms with E-state index in [-0.39, 0.29) is 6.10 Å². The van der Waals surface area contributed by atoms with E-state index < -0.39 is 12.1 Å². The van der Waals surface area contributed by atoms with Crippen LogP contribution in [0.2, 0.25) is 0 Å². The van der Waals surface area contributed by atoms with Crippen LogP contribution >= 0.6 is 0 Å². The molecular weight excluding hydrogens is 230 g/mol. The first kappa shape index (κ1) is 12.9. The van der Waals surface area contributed by atoms with E-state index in [1.54, 1.807) is 0 Å². The number of carboxylic acid groups (broad SMARTS) is 1. The zero-order valence-corrected chi connectivity index (χ0v) is 10.8. The second-order valence-corrected chi connectivity index (χ2v) is 4.92. The molecule has 4 heteroatoms. The molecule has 1 aliphatic heterocycles. The Kier molecular flexibility index (Phi) is 3.87. The standard InChI is InChI=1S/C14H19NO3/c1-9-5-10(2)7-11(6-9)15-8-12-3-4-13(18-12)14(16)17/h5-7,12-13,15H,3-4,8H2,1-2H3,(H,16,17). The molecule has 1 saturated heterocycles. The van der Waals surface area contributed by atoms with Crippen LogP contribution < -0.4 is 5.32 Å². The van der Waals surface area contributed by atoms with Crippen LogP contribution in [0.5, 0.6) is 0 Å². The summed E-state index contributed by atoms with van der Waals surface area (Å²) in [4.78, 5) is 10.8. The number of aliphatic carboxylic acids is 1. The van der Waals surface area contributed by atoms with Gasteiger partial charge >= 0.3 is 5.97 Å². The van der Waals surface area contributed by atoms with Gasteiger partial charge in [0.05, 0.1) is 6.10 Å². The fraction of sp³-hybridized carbons (Fsp3) is 0.500. The maximum absolute atomic E-state index is 10.8. The summed E-state index contributed by atoms with van der Waals surface area (Å²) >= 11 is 0. The molecule has 18 heavy (non-hydrogen) atoms. The van der Waals surface area contributed by atoms with Crippen molar-refractivity contribution in [3.05, 3.63) is 29.3 Å². The van der Waals surface area contributed by atoms with Gasteiger partial charge < -0.3 is 15.2 Å². The maximum Gasteiger partial charge on any atom is 0.332 e. The number of nitrogens with one attached hydrogen (secondary N) is 1. The predicted molar refractivity (Wildman–Crippen MR) is 69.9 cm³/mol. The molecule has 0 radical (unpaired) electrons. The van der Waals surface area contributed by atoms with Crippen molar-refractivity contribution < 1.29 is 14.6 Å². The van der Waals surface area contributed by atoms with E-state index in [4.69, 9.17) is 9.84 Å². The first-order valence-electron chi connectivity index (χ1n) is 6.25. The van der Waals surface area contributed by atoms with E-state index in [1.807, 2.05) is 0 Å². The van der Waals surface area contributed by atoms with Crippen LogP contribution in [-0.2, 0) is 9.53 Å². The lowest BCUT2D eigenvalue weighted by Crippen LogP contribution is -2.24. The third-order valence-electron chi connectivity index (χ3n) is 3.14. The van der Waals surface area contributed by atoms with Crippen molar-refractivity contribution in [1.82, 2.24) is 0 Å². The number of benzene rings is 1. The Hall–Kier alpha value is -1.55. The van der Waals surface area contributed by atoms with Crippen molar-refractivity contribution >= 4 is 11.7 Å². The van der Waals surface area contributed by atoms with Crippen molar-refractivity contribution in [3.8, 4) is 0 Å². The number of hydrogen-bond donors (Lipinski definition) is 2. The number of anilines is 1. The summed E-state index contributed by atoms with van der Waals surface area (Å²) in [5.41, 5.74) is 3.50. The molecule has 1 heterocycles. The molecule has 1 aromatic carbocycles. The predicted octanol–water partition coefficient (Wildman–Crippen LogP) is 2.35. The van der Waals surface area contributed by atoms with Crippen molar-refractivity contribution in [2.24, 2.45) is 0 Å². The average Bonchev–Trinajstić information content (AvgIpc) is 2.73. The molecule has 0 saturated carbocycles. The lowest BCUT2D eigenvalue weighted by molar-refractivity contribution is -0.149. The van der Waals surface area contributed by atoms with Gasteiger partial charge in [-0.05, 0) is 49.9 Å². The van der Waals surface area contributed by atoms with Gasteiger partial charge in [0, 0.05) is 12.2 Å². The summed E-state index contributed by atoms with van der Waals surface area (Å²) in [6, 6.07) is 6.28. The molecule has 98 valence electrons. The normalized spacial score (nSPS) is 23.0. The van der Waals surface area contributed by atoms with Gasteiger partial charge in [-0.2, -0.15) is 0 Å². The molecular formula is C14H19NO3. The van der Waals surface area contributed by atoms with Gasteiger partial charge in [0.2, 0.25) is 0 Å². The van der Waals surface area contributed by atoms with Crippen molar-refractivity contribution in [3.63, 3.8) is 0 Å². The molecule has 2 N–H and O–H groups in total. The summed E-state index contributed by atoms with van der Waals surface area (Å²) in [6.45, 7) is 4.78. The summed E-state index contributed by atoms with van der Waals surface area (Å²) in [6.07, 6.45) is 0.770. The summed E-state index contributed by atoms with van der Waals surface area (Å²) in [5, 5.41) is 12.2. The van der Waals surface area contributed by atoms with E-state index in [0.717, 1.165) is 12.1 Å². The van der Waals surface area contributed by atoms with Crippen LogP contribution in [0.1, 0.15) is 24.0 Å². The quantitative estimate of drug-likeness (QED) is 0.860. The monoisotopic (exact) mass is 249 g/mol. The van der Waals surface area contributed by atoms with Gasteiger partial charge in [0.25, 0.3) is 0 Å². The van der Waals surface area contributed by atoms with E-state index in [0.29, 0.717) is 13.0 Å². The van der Waals surface area contributed by atoms with Crippen LogP contribution in [0, 0.1) is 13.8 Å². The minimum Gasteiger partial charge on any atom is -0.479 e. The molecule has 1 aromatic rings. The summed E-state index contributed by atoms with van der Waals surface area (Å²) in [5.74, 6) is -0.858. The van der Waals surface area contributed by atoms with Crippen LogP contribution in [0.4, 0.5) is 5.69 Å². The molecule has 0 amide bonds. The molecule has 0 aromatic heterocycles. The third-order valence-corrected chi connectivity index (χ3v) is 3.14. The zero-order chi connectivity index (χ0) is 13.1. The Morgan fingerprint density at radius 3 is 2.56 bits per heavy atom. The number of hydrogen-bond acceptors (Lipinski definition) is 3. The Morgan fingerprint density at radius 2 is 2.00 bits per heavy atom. The SMILES string of the molecule is Cc1cc(C)cc(NCC2CCC(C(=O)O)O2)c1. The number of carboxylic acids is 1. The van der Waals surface area contributed by atoms with Gasteiger partial charge in [-0.25, -0.2) is 4.79 Å². The van der Waals surface area contributed by atoms with Crippen LogP contribution in [0.15, 0.2) is 18.2 Å². The van der Waals surface area contributed by atoms with E-state index in [1.165, 1.54) is 11.1 Å². The molecule has 1 fully saturated rings. The largest absolute Gasteiger partial charge is 0.479 e. The second kappa shape index (κ2) is 5.40. The highest BCUT2D eigenvalue weighted by atomic mass is 16.5. The second-order valence-electron chi connectivity index (χ2n) is 4.92. The molecule has 0 aliphatic carbocycles. The van der Waals surface area contributed by atoms with Crippen molar-refractivity contribution in [2.45, 2.75) is 38.9 Å². The van der Waals surface area contributed by atoms with Crippen LogP contribution in [0.3, 0.4) is 0 Å². The Labute approximate surface area is 107 Å². The number of rotatable bonds is 4. The Morgan fingerprint density at radius 1 is 1.33 bits per heavy atom. The number of ether oxygens (including phenoxy) is 1. The smallest absolute Gasteiger partial charge is 0.332 e. The van der Waals surface area contributed by atoms with Gasteiger partial charge in [-0.3, -0.25) is 0 Å². The minimum atomic E-state index is -0.858. The molecule has 2 atom stereocenters. The average molecular weight is 249 g/mol. The van der Waals surface area contributed by atoms with Crippen LogP contribution in [-0.4, -0.2) is 29.8 Å². The lowest BCUT2D eigenvalue weighted by atomic mass is 10.1. The highest BCUT2D eigenvalue weighted by molar-refractivity contribution is 5.72. The van der Waals surface area contributed by atoms with Gasteiger partial charge in [0.1, 0.15) is 0 Å². The van der Waals surface area contributed by atoms with Gasteiger partial charge in [0.15, 0.2) is 6.10 Å². The van der Waals surface area contributed by atoms with Crippen molar-refractivity contribution in [1.29, 1.82) is 0 Å². The molecule has 2 rings (SSSR count). The van der Waals surface area contributed by atoms with Crippen LogP contribution in [0.25, 0.3) is 0 Å². The molecule has 0 bridgehead atoms. The Bertz CT molecular complexity index is 424. The summed E-state index contributed by atoms with van der Waals surface area (Å²) in [7, 11) is 0. The number of aryl methyl sites for hydroxylation is 2. The fourth-order valence-corrected chi connectivity index (χ4v) is 2.35. The zero-order valence-electron chi connectivity index (χ0n) is 10.8. The van der Waals surface area contributed by atoms with E-state index >= 15 is 0 Å².